The van der Waals surface area contributed by atoms with Gasteiger partial charge in [0.05, 0.1) is 32.0 Å². The Bertz CT molecular complexity index is 1160. The number of aliphatic hydroxyl groups is 2. The summed E-state index contributed by atoms with van der Waals surface area (Å²) in [4.78, 5) is 55.5. The number of nitrogens with one attached hydrogen (secondary N) is 1. The molecule has 0 aliphatic carbocycles. The highest BCUT2D eigenvalue weighted by atomic mass is 16.5. The van der Waals surface area contributed by atoms with Crippen molar-refractivity contribution in [2.75, 3.05) is 56.2 Å². The minimum absolute atomic E-state index is 0.0652. The molecule has 2 saturated heterocycles. The zero-order valence-corrected chi connectivity index (χ0v) is 23.3. The SMILES string of the molecule is COC(=O)CCCCN1C(=O)[C@@](O)([C@@H](C)/C=C/CC(=O)N2CCC[C@H]2CO)c2cc(N3CCNCC3=O)ccc21. The number of unbranched alkanes of at least 4 members (excludes halogenated alkanes) is 1. The van der Waals surface area contributed by atoms with Crippen LogP contribution in [-0.2, 0) is 29.5 Å². The van der Waals surface area contributed by atoms with E-state index >= 15 is 0 Å². The van der Waals surface area contributed by atoms with Crippen LogP contribution in [0.5, 0.6) is 0 Å². The Morgan fingerprint density at radius 1 is 1.25 bits per heavy atom. The van der Waals surface area contributed by atoms with E-state index in [4.69, 9.17) is 4.74 Å². The minimum Gasteiger partial charge on any atom is -0.469 e. The number of benzene rings is 1. The highest BCUT2D eigenvalue weighted by Crippen LogP contribution is 2.47. The lowest BCUT2D eigenvalue weighted by molar-refractivity contribution is -0.140. The number of fused-ring (bicyclic) bond motifs is 1. The number of methoxy groups -OCH3 is 1. The average molecular weight is 557 g/mol. The summed E-state index contributed by atoms with van der Waals surface area (Å²) in [6, 6.07) is 5.11. The van der Waals surface area contributed by atoms with Crippen molar-refractivity contribution in [2.45, 2.75) is 57.1 Å². The van der Waals surface area contributed by atoms with Crippen molar-refractivity contribution in [3.05, 3.63) is 35.9 Å². The van der Waals surface area contributed by atoms with Crippen molar-refractivity contribution in [2.24, 2.45) is 5.92 Å². The Balaban J connectivity index is 1.57. The zero-order chi connectivity index (χ0) is 28.9. The number of rotatable bonds is 11. The van der Waals surface area contributed by atoms with E-state index in [2.05, 4.69) is 5.32 Å². The summed E-state index contributed by atoms with van der Waals surface area (Å²) in [5.74, 6) is -1.66. The predicted molar refractivity (Wildman–Crippen MR) is 149 cm³/mol. The number of piperazine rings is 1. The molecule has 0 saturated carbocycles. The van der Waals surface area contributed by atoms with E-state index in [-0.39, 0.29) is 49.8 Å². The molecule has 11 nitrogen and oxygen atoms in total. The lowest BCUT2D eigenvalue weighted by atomic mass is 9.82. The number of carbonyl (C=O) groups is 4. The fourth-order valence-electron chi connectivity index (χ4n) is 5.83. The number of nitrogens with zero attached hydrogens (tertiary/aromatic N) is 3. The van der Waals surface area contributed by atoms with Gasteiger partial charge in [0.1, 0.15) is 0 Å². The number of likely N-dealkylation sites (tertiary alicyclic amines) is 1. The quantitative estimate of drug-likeness (QED) is 0.209. The molecule has 3 heterocycles. The molecule has 11 heteroatoms. The largest absolute Gasteiger partial charge is 0.469 e. The van der Waals surface area contributed by atoms with Gasteiger partial charge in [-0.2, -0.15) is 0 Å². The summed E-state index contributed by atoms with van der Waals surface area (Å²) in [5, 5.41) is 24.6. The van der Waals surface area contributed by atoms with E-state index in [9.17, 15) is 29.4 Å². The first kappa shape index (κ1) is 29.7. The summed E-state index contributed by atoms with van der Waals surface area (Å²) in [6.07, 6.45) is 6.40. The molecule has 3 N–H and O–H groups in total. The molecule has 0 radical (unpaired) electrons. The first-order valence-corrected chi connectivity index (χ1v) is 14.1. The average Bonchev–Trinajstić information content (AvgIpc) is 3.53. The molecule has 3 amide bonds. The number of hydrogen-bond donors (Lipinski definition) is 3. The summed E-state index contributed by atoms with van der Waals surface area (Å²) in [6.45, 7) is 3.92. The Labute approximate surface area is 234 Å². The third-order valence-corrected chi connectivity index (χ3v) is 8.18. The molecule has 218 valence electrons. The molecule has 0 unspecified atom stereocenters. The zero-order valence-electron chi connectivity index (χ0n) is 23.3. The predicted octanol–water partition coefficient (Wildman–Crippen LogP) is 1.07. The minimum atomic E-state index is -1.90. The van der Waals surface area contributed by atoms with Gasteiger partial charge in [-0.1, -0.05) is 19.1 Å². The summed E-state index contributed by atoms with van der Waals surface area (Å²) >= 11 is 0. The third-order valence-electron chi connectivity index (χ3n) is 8.18. The number of carbonyl (C=O) groups excluding carboxylic acids is 4. The number of esters is 1. The molecule has 4 rings (SSSR count). The van der Waals surface area contributed by atoms with Crippen molar-refractivity contribution in [1.29, 1.82) is 0 Å². The van der Waals surface area contributed by atoms with Gasteiger partial charge in [0.2, 0.25) is 11.8 Å². The maximum Gasteiger partial charge on any atom is 0.305 e. The van der Waals surface area contributed by atoms with Crippen LogP contribution in [0.15, 0.2) is 30.4 Å². The van der Waals surface area contributed by atoms with Crippen molar-refractivity contribution in [3.63, 3.8) is 0 Å². The fraction of sp³-hybridized carbons (Fsp3) is 0.586. The molecule has 1 aromatic carbocycles. The Kier molecular flexibility index (Phi) is 9.60. The van der Waals surface area contributed by atoms with E-state index in [0.717, 1.165) is 12.8 Å². The lowest BCUT2D eigenvalue weighted by Crippen LogP contribution is -2.48. The summed E-state index contributed by atoms with van der Waals surface area (Å²) in [5.41, 5.74) is -0.306. The van der Waals surface area contributed by atoms with Crippen LogP contribution >= 0.6 is 0 Å². The molecule has 3 aliphatic heterocycles. The molecule has 0 bridgehead atoms. The van der Waals surface area contributed by atoms with Crippen LogP contribution in [0.2, 0.25) is 0 Å². The Morgan fingerprint density at radius 2 is 2.05 bits per heavy atom. The molecule has 1 aromatic rings. The van der Waals surface area contributed by atoms with Gasteiger partial charge in [0, 0.05) is 56.2 Å². The molecule has 3 aliphatic rings. The smallest absolute Gasteiger partial charge is 0.305 e. The second kappa shape index (κ2) is 12.9. The maximum atomic E-state index is 13.8. The van der Waals surface area contributed by atoms with Crippen molar-refractivity contribution < 1.29 is 34.1 Å². The van der Waals surface area contributed by atoms with Crippen LogP contribution in [0, 0.1) is 5.92 Å². The van der Waals surface area contributed by atoms with Gasteiger partial charge < -0.3 is 35.0 Å². The van der Waals surface area contributed by atoms with Gasteiger partial charge in [-0.05, 0) is 43.9 Å². The lowest BCUT2D eigenvalue weighted by Gasteiger charge is -2.30. The van der Waals surface area contributed by atoms with Crippen LogP contribution in [0.25, 0.3) is 0 Å². The normalized spacial score (nSPS) is 23.7. The van der Waals surface area contributed by atoms with Crippen LogP contribution < -0.4 is 15.1 Å². The van der Waals surface area contributed by atoms with Gasteiger partial charge >= 0.3 is 5.97 Å². The molecular formula is C29H40N4O7. The second-order valence-corrected chi connectivity index (χ2v) is 10.7. The fourth-order valence-corrected chi connectivity index (χ4v) is 5.83. The summed E-state index contributed by atoms with van der Waals surface area (Å²) < 4.78 is 4.70. The first-order valence-electron chi connectivity index (χ1n) is 14.1. The first-order chi connectivity index (χ1) is 19.2. The Hall–Kier alpha value is -3.28. The molecule has 0 aromatic heterocycles. The van der Waals surface area contributed by atoms with E-state index in [0.29, 0.717) is 56.0 Å². The highest BCUT2D eigenvalue weighted by molar-refractivity contribution is 6.08. The highest BCUT2D eigenvalue weighted by Gasteiger charge is 2.52. The van der Waals surface area contributed by atoms with E-state index in [1.54, 1.807) is 52.0 Å². The van der Waals surface area contributed by atoms with Gasteiger partial charge in [0.25, 0.3) is 5.91 Å². The second-order valence-electron chi connectivity index (χ2n) is 10.7. The van der Waals surface area contributed by atoms with E-state index < -0.39 is 17.4 Å². The maximum absolute atomic E-state index is 13.8. The number of aliphatic hydroxyl groups excluding tert-OH is 1. The topological polar surface area (TPSA) is 140 Å². The standard InChI is InChI=1S/C29H40N4O7/c1-20(7-5-9-25(35)31-15-6-8-22(31)19-34)29(39)23-17-21(32-16-13-30-18-26(32)36)11-12-24(23)33(28(29)38)14-4-3-10-27(37)40-2/h5,7,11-12,17,20,22,30,34,39H,3-4,6,8-10,13-16,18-19H2,1-2H3/b7-5+/t20-,22-,29+/m0/s1. The number of amides is 3. The molecule has 3 atom stereocenters. The van der Waals surface area contributed by atoms with Gasteiger partial charge in [-0.25, -0.2) is 0 Å². The molecular weight excluding hydrogens is 516 g/mol. The van der Waals surface area contributed by atoms with Gasteiger partial charge in [0.15, 0.2) is 5.60 Å². The van der Waals surface area contributed by atoms with Crippen LogP contribution in [0.1, 0.15) is 51.0 Å². The number of anilines is 2. The van der Waals surface area contributed by atoms with Gasteiger partial charge in [-0.15, -0.1) is 0 Å². The van der Waals surface area contributed by atoms with Crippen molar-refractivity contribution in [3.8, 4) is 0 Å². The molecule has 40 heavy (non-hydrogen) atoms. The van der Waals surface area contributed by atoms with Crippen molar-refractivity contribution >= 4 is 35.1 Å². The Morgan fingerprint density at radius 3 is 2.77 bits per heavy atom. The van der Waals surface area contributed by atoms with Crippen LogP contribution in [-0.4, -0.2) is 91.3 Å². The third kappa shape index (κ3) is 5.91. The van der Waals surface area contributed by atoms with Crippen molar-refractivity contribution in [1.82, 2.24) is 10.2 Å². The van der Waals surface area contributed by atoms with Crippen LogP contribution in [0.4, 0.5) is 11.4 Å². The molecule has 2 fully saturated rings. The number of ether oxygens (including phenoxy) is 1. The summed E-state index contributed by atoms with van der Waals surface area (Å²) in [7, 11) is 1.34. The van der Waals surface area contributed by atoms with Gasteiger partial charge in [-0.3, -0.25) is 19.2 Å². The molecule has 0 spiro atoms. The number of hydrogen-bond acceptors (Lipinski definition) is 8. The van der Waals surface area contributed by atoms with E-state index in [1.165, 1.54) is 7.11 Å². The van der Waals surface area contributed by atoms with Crippen LogP contribution in [0.3, 0.4) is 0 Å². The van der Waals surface area contributed by atoms with E-state index in [1.807, 2.05) is 0 Å². The monoisotopic (exact) mass is 556 g/mol.